The second-order valence-electron chi connectivity index (χ2n) is 4.07. The zero-order chi connectivity index (χ0) is 14.4. The van der Waals surface area contributed by atoms with Crippen LogP contribution in [0.25, 0.3) is 0 Å². The SMILES string of the molecule is COc1ccccc1/C=N\NC(=O)c1cccc(N)c1. The fourth-order valence-electron chi connectivity index (χ4n) is 1.68. The third-order valence-electron chi connectivity index (χ3n) is 2.66. The van der Waals surface area contributed by atoms with Crippen molar-refractivity contribution in [1.29, 1.82) is 0 Å². The van der Waals surface area contributed by atoms with Gasteiger partial charge in [-0.3, -0.25) is 4.79 Å². The number of hydrogen-bond acceptors (Lipinski definition) is 4. The van der Waals surface area contributed by atoms with Crippen molar-refractivity contribution >= 4 is 17.8 Å². The Balaban J connectivity index is 2.05. The topological polar surface area (TPSA) is 76.7 Å². The van der Waals surface area contributed by atoms with Gasteiger partial charge in [-0.1, -0.05) is 18.2 Å². The van der Waals surface area contributed by atoms with Gasteiger partial charge in [-0.25, -0.2) is 5.43 Å². The summed E-state index contributed by atoms with van der Waals surface area (Å²) in [7, 11) is 1.58. The Morgan fingerprint density at radius 2 is 2.05 bits per heavy atom. The van der Waals surface area contributed by atoms with Gasteiger partial charge in [-0.2, -0.15) is 5.10 Å². The number of nitrogens with two attached hydrogens (primary N) is 1. The number of nitrogens with zero attached hydrogens (tertiary/aromatic N) is 1. The molecule has 0 heterocycles. The molecule has 5 heteroatoms. The van der Waals surface area contributed by atoms with Gasteiger partial charge in [-0.05, 0) is 30.3 Å². The molecule has 0 spiro atoms. The van der Waals surface area contributed by atoms with Gasteiger partial charge in [0.15, 0.2) is 0 Å². The lowest BCUT2D eigenvalue weighted by atomic mass is 10.2. The number of hydrazone groups is 1. The largest absolute Gasteiger partial charge is 0.496 e. The Bertz CT molecular complexity index is 639. The molecule has 0 fully saturated rings. The molecule has 0 aliphatic carbocycles. The van der Waals surface area contributed by atoms with Gasteiger partial charge < -0.3 is 10.5 Å². The number of anilines is 1. The first-order valence-electron chi connectivity index (χ1n) is 6.02. The number of amides is 1. The highest BCUT2D eigenvalue weighted by molar-refractivity contribution is 5.95. The predicted octanol–water partition coefficient (Wildman–Crippen LogP) is 2.04. The van der Waals surface area contributed by atoms with Gasteiger partial charge in [0.2, 0.25) is 0 Å². The predicted molar refractivity (Wildman–Crippen MR) is 78.9 cm³/mol. The minimum atomic E-state index is -0.316. The number of ether oxygens (including phenoxy) is 1. The van der Waals surface area contributed by atoms with E-state index in [1.54, 1.807) is 31.4 Å². The molecule has 0 aliphatic rings. The molecule has 0 saturated heterocycles. The summed E-state index contributed by atoms with van der Waals surface area (Å²) in [6.07, 6.45) is 1.53. The smallest absolute Gasteiger partial charge is 0.271 e. The Morgan fingerprint density at radius 3 is 2.80 bits per heavy atom. The fourth-order valence-corrected chi connectivity index (χ4v) is 1.68. The van der Waals surface area contributed by atoms with Gasteiger partial charge in [0.1, 0.15) is 5.75 Å². The summed E-state index contributed by atoms with van der Waals surface area (Å²) in [6.45, 7) is 0. The molecule has 5 nitrogen and oxygen atoms in total. The van der Waals surface area contributed by atoms with Crippen LogP contribution < -0.4 is 15.9 Å². The minimum Gasteiger partial charge on any atom is -0.496 e. The highest BCUT2D eigenvalue weighted by atomic mass is 16.5. The summed E-state index contributed by atoms with van der Waals surface area (Å²) in [5.41, 5.74) is 9.84. The second kappa shape index (κ2) is 6.38. The Kier molecular flexibility index (Phi) is 4.34. The number of carbonyl (C=O) groups excluding carboxylic acids is 1. The van der Waals surface area contributed by atoms with E-state index in [0.717, 1.165) is 5.56 Å². The van der Waals surface area contributed by atoms with Gasteiger partial charge in [-0.15, -0.1) is 0 Å². The number of benzene rings is 2. The molecule has 3 N–H and O–H groups in total. The molecule has 0 bridgehead atoms. The monoisotopic (exact) mass is 269 g/mol. The quantitative estimate of drug-likeness (QED) is 0.506. The second-order valence-corrected chi connectivity index (χ2v) is 4.07. The molecule has 2 rings (SSSR count). The normalized spacial score (nSPS) is 10.4. The highest BCUT2D eigenvalue weighted by Crippen LogP contribution is 2.14. The van der Waals surface area contributed by atoms with Crippen molar-refractivity contribution in [3.63, 3.8) is 0 Å². The van der Waals surface area contributed by atoms with Crippen LogP contribution in [0.5, 0.6) is 5.75 Å². The molecular formula is C15H15N3O2. The number of para-hydroxylation sites is 1. The molecule has 0 aliphatic heterocycles. The number of hydrogen-bond donors (Lipinski definition) is 2. The molecule has 2 aromatic carbocycles. The van der Waals surface area contributed by atoms with E-state index in [0.29, 0.717) is 17.0 Å². The van der Waals surface area contributed by atoms with Gasteiger partial charge in [0.25, 0.3) is 5.91 Å². The summed E-state index contributed by atoms with van der Waals surface area (Å²) in [5, 5.41) is 3.91. The van der Waals surface area contributed by atoms with Crippen molar-refractivity contribution in [2.75, 3.05) is 12.8 Å². The Hall–Kier alpha value is -2.82. The van der Waals surface area contributed by atoms with Crippen LogP contribution in [0.3, 0.4) is 0 Å². The van der Waals surface area contributed by atoms with Crippen molar-refractivity contribution in [3.05, 3.63) is 59.7 Å². The van der Waals surface area contributed by atoms with Crippen LogP contribution >= 0.6 is 0 Å². The standard InChI is InChI=1S/C15H15N3O2/c1-20-14-8-3-2-5-12(14)10-17-18-15(19)11-6-4-7-13(16)9-11/h2-10H,16H2,1H3,(H,18,19)/b17-10-. The van der Waals surface area contributed by atoms with Crippen molar-refractivity contribution in [3.8, 4) is 5.75 Å². The first-order valence-corrected chi connectivity index (χ1v) is 6.02. The van der Waals surface area contributed by atoms with Crippen molar-refractivity contribution < 1.29 is 9.53 Å². The Morgan fingerprint density at radius 1 is 1.25 bits per heavy atom. The molecule has 0 aromatic heterocycles. The lowest BCUT2D eigenvalue weighted by Crippen LogP contribution is -2.17. The number of rotatable bonds is 4. The van der Waals surface area contributed by atoms with Gasteiger partial charge in [0.05, 0.1) is 13.3 Å². The number of nitrogen functional groups attached to an aromatic ring is 1. The summed E-state index contributed by atoms with van der Waals surface area (Å²) < 4.78 is 5.18. The van der Waals surface area contributed by atoms with Crippen LogP contribution in [0.1, 0.15) is 15.9 Å². The zero-order valence-electron chi connectivity index (χ0n) is 11.0. The minimum absolute atomic E-state index is 0.316. The summed E-state index contributed by atoms with van der Waals surface area (Å²) >= 11 is 0. The van der Waals surface area contributed by atoms with Crippen LogP contribution in [0.15, 0.2) is 53.6 Å². The maximum atomic E-state index is 11.8. The van der Waals surface area contributed by atoms with Crippen LogP contribution in [-0.4, -0.2) is 19.2 Å². The third-order valence-corrected chi connectivity index (χ3v) is 2.66. The molecule has 1 amide bonds. The summed E-state index contributed by atoms with van der Waals surface area (Å²) in [6, 6.07) is 14.1. The third kappa shape index (κ3) is 3.35. The first-order chi connectivity index (χ1) is 9.70. The van der Waals surface area contributed by atoms with E-state index in [1.165, 1.54) is 6.21 Å². The van der Waals surface area contributed by atoms with Gasteiger partial charge >= 0.3 is 0 Å². The van der Waals surface area contributed by atoms with Crippen molar-refractivity contribution in [1.82, 2.24) is 5.43 Å². The number of methoxy groups -OCH3 is 1. The fraction of sp³-hybridized carbons (Fsp3) is 0.0667. The maximum Gasteiger partial charge on any atom is 0.271 e. The number of nitrogens with one attached hydrogen (secondary N) is 1. The highest BCUT2D eigenvalue weighted by Gasteiger charge is 2.04. The van der Waals surface area contributed by atoms with E-state index < -0.39 is 0 Å². The molecule has 0 radical (unpaired) electrons. The van der Waals surface area contributed by atoms with E-state index in [-0.39, 0.29) is 5.91 Å². The lowest BCUT2D eigenvalue weighted by Gasteiger charge is -2.03. The van der Waals surface area contributed by atoms with Crippen LogP contribution in [0, 0.1) is 0 Å². The summed E-state index contributed by atoms with van der Waals surface area (Å²) in [4.78, 5) is 11.8. The first kappa shape index (κ1) is 13.6. The lowest BCUT2D eigenvalue weighted by molar-refractivity contribution is 0.0955. The maximum absolute atomic E-state index is 11.8. The van der Waals surface area contributed by atoms with Crippen LogP contribution in [-0.2, 0) is 0 Å². The molecule has 20 heavy (non-hydrogen) atoms. The molecule has 0 saturated carbocycles. The van der Waals surface area contributed by atoms with E-state index in [9.17, 15) is 4.79 Å². The Labute approximate surface area is 117 Å². The number of carbonyl (C=O) groups is 1. The van der Waals surface area contributed by atoms with Crippen LogP contribution in [0.4, 0.5) is 5.69 Å². The average Bonchev–Trinajstić information content (AvgIpc) is 2.47. The molecule has 0 unspecified atom stereocenters. The zero-order valence-corrected chi connectivity index (χ0v) is 11.0. The van der Waals surface area contributed by atoms with Crippen molar-refractivity contribution in [2.45, 2.75) is 0 Å². The van der Waals surface area contributed by atoms with Crippen molar-refractivity contribution in [2.24, 2.45) is 5.10 Å². The summed E-state index contributed by atoms with van der Waals surface area (Å²) in [5.74, 6) is 0.373. The average molecular weight is 269 g/mol. The van der Waals surface area contributed by atoms with Gasteiger partial charge in [0, 0.05) is 16.8 Å². The molecular weight excluding hydrogens is 254 g/mol. The van der Waals surface area contributed by atoms with E-state index >= 15 is 0 Å². The van der Waals surface area contributed by atoms with E-state index in [1.807, 2.05) is 24.3 Å². The van der Waals surface area contributed by atoms with E-state index in [2.05, 4.69) is 10.5 Å². The molecule has 2 aromatic rings. The van der Waals surface area contributed by atoms with E-state index in [4.69, 9.17) is 10.5 Å². The molecule has 102 valence electrons. The molecule has 0 atom stereocenters. The van der Waals surface area contributed by atoms with Crippen LogP contribution in [0.2, 0.25) is 0 Å².